The van der Waals surface area contributed by atoms with Crippen LogP contribution in [0.3, 0.4) is 0 Å². The minimum Gasteiger partial charge on any atom is -0.394 e. The molecule has 1 aliphatic heterocycles. The van der Waals surface area contributed by atoms with E-state index in [9.17, 15) is 9.90 Å². The topological polar surface area (TPSA) is 40.5 Å². The van der Waals surface area contributed by atoms with Crippen molar-refractivity contribution in [2.24, 2.45) is 0 Å². The van der Waals surface area contributed by atoms with Crippen LogP contribution >= 0.6 is 0 Å². The van der Waals surface area contributed by atoms with Crippen molar-refractivity contribution in [3.63, 3.8) is 0 Å². The number of nitrogens with zero attached hydrogens (tertiary/aromatic N) is 1. The van der Waals surface area contributed by atoms with Crippen LogP contribution in [0.2, 0.25) is 0 Å². The van der Waals surface area contributed by atoms with Crippen molar-refractivity contribution in [3.05, 3.63) is 47.0 Å². The smallest absolute Gasteiger partial charge is 0.250 e. The lowest BCUT2D eigenvalue weighted by Crippen LogP contribution is -2.39. The van der Waals surface area contributed by atoms with Crippen molar-refractivity contribution in [2.45, 2.75) is 44.7 Å². The first kappa shape index (κ1) is 13.4. The van der Waals surface area contributed by atoms with Crippen LogP contribution in [0.4, 0.5) is 0 Å². The summed E-state index contributed by atoms with van der Waals surface area (Å²) in [7, 11) is 0. The number of aliphatic hydroxyl groups is 1. The summed E-state index contributed by atoms with van der Waals surface area (Å²) in [5.74, 6) is 0.134. The molecule has 0 unspecified atom stereocenters. The summed E-state index contributed by atoms with van der Waals surface area (Å²) in [6.45, 7) is 2.07. The second-order valence-electron chi connectivity index (χ2n) is 5.71. The Kier molecular flexibility index (Phi) is 3.62. The summed E-state index contributed by atoms with van der Waals surface area (Å²) in [4.78, 5) is 14.6. The predicted octanol–water partition coefficient (Wildman–Crippen LogP) is 2.82. The highest BCUT2D eigenvalue weighted by Gasteiger charge is 2.40. The summed E-state index contributed by atoms with van der Waals surface area (Å²) in [6, 6.07) is 9.72. The molecule has 3 rings (SSSR count). The van der Waals surface area contributed by atoms with Crippen LogP contribution in [0.15, 0.2) is 41.5 Å². The first-order valence-electron chi connectivity index (χ1n) is 7.44. The Morgan fingerprint density at radius 2 is 1.95 bits per heavy atom. The number of aliphatic hydroxyl groups excluding tert-OH is 1. The predicted molar refractivity (Wildman–Crippen MR) is 78.1 cm³/mol. The molecular weight excluding hydrogens is 250 g/mol. The van der Waals surface area contributed by atoms with Crippen LogP contribution in [-0.2, 0) is 4.79 Å². The highest BCUT2D eigenvalue weighted by molar-refractivity contribution is 5.98. The number of hydrogen-bond donors (Lipinski definition) is 1. The molecule has 1 aliphatic carbocycles. The number of amides is 1. The number of carbonyl (C=O) groups excluding carboxylic acids is 1. The number of carbonyl (C=O) groups is 1. The number of rotatable bonds is 3. The van der Waals surface area contributed by atoms with Gasteiger partial charge >= 0.3 is 0 Å². The van der Waals surface area contributed by atoms with Crippen molar-refractivity contribution in [1.82, 2.24) is 4.90 Å². The van der Waals surface area contributed by atoms with Crippen molar-refractivity contribution in [2.75, 3.05) is 6.61 Å². The molecule has 0 aromatic heterocycles. The lowest BCUT2D eigenvalue weighted by molar-refractivity contribution is -0.130. The van der Waals surface area contributed by atoms with Gasteiger partial charge in [-0.2, -0.15) is 0 Å². The van der Waals surface area contributed by atoms with E-state index in [1.165, 1.54) is 12.0 Å². The zero-order valence-electron chi connectivity index (χ0n) is 11.9. The van der Waals surface area contributed by atoms with Gasteiger partial charge < -0.3 is 10.0 Å². The highest BCUT2D eigenvalue weighted by atomic mass is 16.3. The quantitative estimate of drug-likeness (QED) is 0.918. The Bertz CT molecular complexity index is 535. The van der Waals surface area contributed by atoms with Crippen LogP contribution < -0.4 is 0 Å². The molecule has 0 saturated heterocycles. The summed E-state index contributed by atoms with van der Waals surface area (Å²) >= 11 is 0. The zero-order valence-corrected chi connectivity index (χ0v) is 11.9. The Balaban J connectivity index is 1.92. The minimum atomic E-state index is -0.232. The van der Waals surface area contributed by atoms with Crippen molar-refractivity contribution in [3.8, 4) is 0 Å². The molecule has 3 nitrogen and oxygen atoms in total. The first-order chi connectivity index (χ1) is 9.74. The molecular formula is C17H21NO2. The molecule has 2 atom stereocenters. The Labute approximate surface area is 119 Å². The van der Waals surface area contributed by atoms with E-state index in [0.717, 1.165) is 30.4 Å². The maximum absolute atomic E-state index is 12.7. The first-order valence-corrected chi connectivity index (χ1v) is 7.44. The Morgan fingerprint density at radius 3 is 2.60 bits per heavy atom. The molecule has 1 N–H and O–H groups in total. The molecule has 1 aromatic carbocycles. The molecule has 106 valence electrons. The van der Waals surface area contributed by atoms with Gasteiger partial charge in [0.25, 0.3) is 5.91 Å². The fraction of sp³-hybridized carbons (Fsp3) is 0.471. The monoisotopic (exact) mass is 271 g/mol. The molecule has 2 aliphatic rings. The van der Waals surface area contributed by atoms with Gasteiger partial charge in [-0.05, 0) is 43.7 Å². The van der Waals surface area contributed by atoms with Gasteiger partial charge in [0, 0.05) is 5.57 Å². The Hall–Kier alpha value is -1.61. The fourth-order valence-electron chi connectivity index (χ4n) is 3.57. The molecule has 3 heteroatoms. The average molecular weight is 271 g/mol. The van der Waals surface area contributed by atoms with E-state index < -0.39 is 0 Å². The number of hydrogen-bond acceptors (Lipinski definition) is 2. The lowest BCUT2D eigenvalue weighted by atomic mass is 9.91. The van der Waals surface area contributed by atoms with Gasteiger partial charge in [0.15, 0.2) is 0 Å². The summed E-state index contributed by atoms with van der Waals surface area (Å²) < 4.78 is 0. The lowest BCUT2D eigenvalue weighted by Gasteiger charge is -2.32. The van der Waals surface area contributed by atoms with E-state index in [0.29, 0.717) is 0 Å². The fourth-order valence-corrected chi connectivity index (χ4v) is 3.57. The van der Waals surface area contributed by atoms with Crippen molar-refractivity contribution < 1.29 is 9.90 Å². The minimum absolute atomic E-state index is 0.0271. The third kappa shape index (κ3) is 2.06. The maximum Gasteiger partial charge on any atom is 0.250 e. The van der Waals surface area contributed by atoms with Gasteiger partial charge in [0.05, 0.1) is 18.7 Å². The van der Waals surface area contributed by atoms with Gasteiger partial charge in [-0.25, -0.2) is 0 Å². The van der Waals surface area contributed by atoms with Crippen molar-refractivity contribution >= 4 is 5.91 Å². The van der Waals surface area contributed by atoms with E-state index >= 15 is 0 Å². The van der Waals surface area contributed by atoms with E-state index in [1.54, 1.807) is 0 Å². The van der Waals surface area contributed by atoms with Gasteiger partial charge in [0.1, 0.15) is 0 Å². The molecule has 0 spiro atoms. The second-order valence-corrected chi connectivity index (χ2v) is 5.71. The highest BCUT2D eigenvalue weighted by Crippen LogP contribution is 2.40. The van der Waals surface area contributed by atoms with E-state index in [4.69, 9.17) is 0 Å². The van der Waals surface area contributed by atoms with Crippen LogP contribution in [-0.4, -0.2) is 28.6 Å². The molecule has 1 heterocycles. The standard InChI is InChI=1S/C17H21NO2/c1-12-14-9-5-6-10-15(14)17(20)18(12)16(11-19)13-7-3-2-4-8-13/h2-4,7-8,12,16,19H,5-6,9-11H2,1H3/t12-,16+/m1/s1. The zero-order chi connectivity index (χ0) is 14.1. The summed E-state index contributed by atoms with van der Waals surface area (Å²) in [5.41, 5.74) is 3.32. The molecule has 20 heavy (non-hydrogen) atoms. The van der Waals surface area contributed by atoms with Crippen LogP contribution in [0, 0.1) is 0 Å². The normalized spacial score (nSPS) is 24.0. The SMILES string of the molecule is C[C@@H]1C2=C(CCCC2)C(=O)N1[C@@H](CO)c1ccccc1. The van der Waals surface area contributed by atoms with Gasteiger partial charge in [-0.15, -0.1) is 0 Å². The second kappa shape index (κ2) is 5.41. The van der Waals surface area contributed by atoms with E-state index in [-0.39, 0.29) is 24.6 Å². The Morgan fingerprint density at radius 1 is 1.25 bits per heavy atom. The third-order valence-electron chi connectivity index (χ3n) is 4.62. The molecule has 0 fully saturated rings. The van der Waals surface area contributed by atoms with Crippen molar-refractivity contribution in [1.29, 1.82) is 0 Å². The van der Waals surface area contributed by atoms with E-state index in [1.807, 2.05) is 35.2 Å². The maximum atomic E-state index is 12.7. The van der Waals surface area contributed by atoms with Gasteiger partial charge in [-0.3, -0.25) is 4.79 Å². The van der Waals surface area contributed by atoms with Crippen LogP contribution in [0.1, 0.15) is 44.2 Å². The molecule has 1 aromatic rings. The van der Waals surface area contributed by atoms with Crippen LogP contribution in [0.25, 0.3) is 0 Å². The molecule has 0 bridgehead atoms. The third-order valence-corrected chi connectivity index (χ3v) is 4.62. The molecule has 1 amide bonds. The number of benzene rings is 1. The van der Waals surface area contributed by atoms with E-state index in [2.05, 4.69) is 6.92 Å². The van der Waals surface area contributed by atoms with Gasteiger partial charge in [0.2, 0.25) is 0 Å². The largest absolute Gasteiger partial charge is 0.394 e. The summed E-state index contributed by atoms with van der Waals surface area (Å²) in [5, 5.41) is 9.80. The van der Waals surface area contributed by atoms with Crippen LogP contribution in [0.5, 0.6) is 0 Å². The van der Waals surface area contributed by atoms with Gasteiger partial charge in [-0.1, -0.05) is 30.3 Å². The summed E-state index contributed by atoms with van der Waals surface area (Å²) in [6.07, 6.45) is 4.23. The molecule has 0 radical (unpaired) electrons. The molecule has 0 saturated carbocycles. The average Bonchev–Trinajstić information content (AvgIpc) is 2.75.